The van der Waals surface area contributed by atoms with Gasteiger partial charge in [-0.05, 0) is 37.2 Å². The third kappa shape index (κ3) is 1.97. The molecule has 0 unspecified atom stereocenters. The minimum absolute atomic E-state index is 0.121. The van der Waals surface area contributed by atoms with Crippen molar-refractivity contribution in [2.45, 2.75) is 32.2 Å². The molecule has 2 aliphatic rings. The molecule has 108 valence electrons. The minimum atomic E-state index is -0.989. The average Bonchev–Trinajstić information content (AvgIpc) is 3.10. The molecule has 5 heteroatoms. The van der Waals surface area contributed by atoms with E-state index in [4.69, 9.17) is 11.6 Å². The molecule has 1 fully saturated rings. The molecule has 2 aromatic rings. The van der Waals surface area contributed by atoms with E-state index in [0.29, 0.717) is 16.0 Å². The first kappa shape index (κ1) is 12.9. The van der Waals surface area contributed by atoms with Gasteiger partial charge in [-0.1, -0.05) is 29.8 Å². The van der Waals surface area contributed by atoms with Crippen molar-refractivity contribution in [2.75, 3.05) is 0 Å². The Morgan fingerprint density at radius 2 is 2.05 bits per heavy atom. The fourth-order valence-electron chi connectivity index (χ4n) is 3.35. The zero-order valence-electron chi connectivity index (χ0n) is 11.5. The Hall–Kier alpha value is -1.81. The summed E-state index contributed by atoms with van der Waals surface area (Å²) in [6, 6.07) is 7.40. The van der Waals surface area contributed by atoms with Crippen molar-refractivity contribution in [3.05, 3.63) is 40.7 Å². The Bertz CT molecular complexity index is 747. The Morgan fingerprint density at radius 1 is 1.29 bits per heavy atom. The highest BCUT2D eigenvalue weighted by molar-refractivity contribution is 6.33. The van der Waals surface area contributed by atoms with Gasteiger partial charge in [0.05, 0.1) is 0 Å². The molecule has 0 amide bonds. The minimum Gasteiger partial charge on any atom is -0.476 e. The van der Waals surface area contributed by atoms with Crippen molar-refractivity contribution in [2.24, 2.45) is 5.41 Å². The lowest BCUT2D eigenvalue weighted by Crippen LogP contribution is -2.21. The molecule has 2 heterocycles. The van der Waals surface area contributed by atoms with Gasteiger partial charge in [0.25, 0.3) is 0 Å². The second-order valence-electron chi connectivity index (χ2n) is 6.11. The first-order chi connectivity index (χ1) is 10.1. The first-order valence-electron chi connectivity index (χ1n) is 7.18. The maximum Gasteiger partial charge on any atom is 0.357 e. The number of benzene rings is 1. The predicted molar refractivity (Wildman–Crippen MR) is 79.6 cm³/mol. The molecule has 1 saturated carbocycles. The lowest BCUT2D eigenvalue weighted by molar-refractivity contribution is 0.0690. The van der Waals surface area contributed by atoms with Gasteiger partial charge in [-0.3, -0.25) is 4.68 Å². The van der Waals surface area contributed by atoms with E-state index in [2.05, 4.69) is 5.10 Å². The van der Waals surface area contributed by atoms with E-state index < -0.39 is 5.97 Å². The van der Waals surface area contributed by atoms with Crippen LogP contribution in [-0.4, -0.2) is 20.9 Å². The van der Waals surface area contributed by atoms with E-state index >= 15 is 0 Å². The normalized spacial score (nSPS) is 18.5. The van der Waals surface area contributed by atoms with Crippen LogP contribution in [0, 0.1) is 5.41 Å². The van der Waals surface area contributed by atoms with Crippen LogP contribution in [0.1, 0.15) is 35.4 Å². The highest BCUT2D eigenvalue weighted by Gasteiger charge is 2.46. The standard InChI is InChI=1S/C16H15ClN2O2/c17-11-4-2-1-3-10(11)13-12-9-16(5-6-16)7-8-19(12)18-14(13)15(20)21/h1-4H,5-9H2,(H,20,21). The number of halogens is 1. The van der Waals surface area contributed by atoms with E-state index in [-0.39, 0.29) is 5.69 Å². The number of aromatic nitrogens is 2. The molecule has 1 aliphatic heterocycles. The Kier molecular flexibility index (Phi) is 2.67. The van der Waals surface area contributed by atoms with Crippen LogP contribution in [-0.2, 0) is 13.0 Å². The quantitative estimate of drug-likeness (QED) is 0.921. The summed E-state index contributed by atoms with van der Waals surface area (Å²) in [5, 5.41) is 14.4. The van der Waals surface area contributed by atoms with Crippen molar-refractivity contribution in [1.82, 2.24) is 9.78 Å². The van der Waals surface area contributed by atoms with Gasteiger partial charge in [0, 0.05) is 28.4 Å². The lowest BCUT2D eigenvalue weighted by atomic mass is 9.89. The summed E-state index contributed by atoms with van der Waals surface area (Å²) in [5.41, 5.74) is 3.02. The number of carboxylic acid groups (broad SMARTS) is 1. The molecule has 4 rings (SSSR count). The van der Waals surface area contributed by atoms with Crippen LogP contribution in [0.3, 0.4) is 0 Å². The molecule has 0 atom stereocenters. The second kappa shape index (κ2) is 4.34. The summed E-state index contributed by atoms with van der Waals surface area (Å²) >= 11 is 6.29. The maximum atomic E-state index is 11.6. The van der Waals surface area contributed by atoms with Crippen molar-refractivity contribution in [1.29, 1.82) is 0 Å². The molecule has 21 heavy (non-hydrogen) atoms. The molecule has 1 aromatic heterocycles. The first-order valence-corrected chi connectivity index (χ1v) is 7.55. The molecule has 0 saturated heterocycles. The monoisotopic (exact) mass is 302 g/mol. The largest absolute Gasteiger partial charge is 0.476 e. The van der Waals surface area contributed by atoms with E-state index in [1.54, 1.807) is 6.07 Å². The van der Waals surface area contributed by atoms with Crippen LogP contribution < -0.4 is 0 Å². The third-order valence-corrected chi connectivity index (χ3v) is 5.09. The molecular weight excluding hydrogens is 288 g/mol. The molecule has 1 aromatic carbocycles. The topological polar surface area (TPSA) is 55.1 Å². The summed E-state index contributed by atoms with van der Waals surface area (Å²) in [5.74, 6) is -0.989. The highest BCUT2D eigenvalue weighted by Crippen LogP contribution is 2.55. The second-order valence-corrected chi connectivity index (χ2v) is 6.51. The van der Waals surface area contributed by atoms with E-state index in [1.807, 2.05) is 22.9 Å². The van der Waals surface area contributed by atoms with Gasteiger partial charge < -0.3 is 5.11 Å². The van der Waals surface area contributed by atoms with Crippen LogP contribution in [0.4, 0.5) is 0 Å². The lowest BCUT2D eigenvalue weighted by Gasteiger charge is -2.23. The van der Waals surface area contributed by atoms with Gasteiger partial charge in [0.2, 0.25) is 0 Å². The predicted octanol–water partition coefficient (Wildman–Crippen LogP) is 3.63. The van der Waals surface area contributed by atoms with Crippen LogP contribution in [0.5, 0.6) is 0 Å². The van der Waals surface area contributed by atoms with E-state index in [0.717, 1.165) is 30.6 Å². The average molecular weight is 303 g/mol. The number of carbonyl (C=O) groups is 1. The van der Waals surface area contributed by atoms with Crippen molar-refractivity contribution < 1.29 is 9.90 Å². The van der Waals surface area contributed by atoms with Crippen molar-refractivity contribution >= 4 is 17.6 Å². The summed E-state index contributed by atoms with van der Waals surface area (Å²) < 4.78 is 1.87. The fourth-order valence-corrected chi connectivity index (χ4v) is 3.58. The van der Waals surface area contributed by atoms with Crippen LogP contribution in [0.25, 0.3) is 11.1 Å². The maximum absolute atomic E-state index is 11.6. The molecule has 4 nitrogen and oxygen atoms in total. The SMILES string of the molecule is O=C(O)c1nn2c(c1-c1ccccc1Cl)CC1(CC2)CC1. The Balaban J connectivity index is 1.94. The third-order valence-electron chi connectivity index (χ3n) is 4.76. The van der Waals surface area contributed by atoms with Crippen molar-refractivity contribution in [3.63, 3.8) is 0 Å². The molecule has 1 aliphatic carbocycles. The summed E-state index contributed by atoms with van der Waals surface area (Å²) in [7, 11) is 0. The number of rotatable bonds is 2. The number of aromatic carboxylic acids is 1. The van der Waals surface area contributed by atoms with Gasteiger partial charge in [-0.25, -0.2) is 4.79 Å². The van der Waals surface area contributed by atoms with Gasteiger partial charge in [-0.15, -0.1) is 0 Å². The zero-order valence-corrected chi connectivity index (χ0v) is 12.2. The van der Waals surface area contributed by atoms with Gasteiger partial charge in [-0.2, -0.15) is 5.10 Å². The number of nitrogens with zero attached hydrogens (tertiary/aromatic N) is 2. The van der Waals surface area contributed by atoms with Gasteiger partial charge >= 0.3 is 5.97 Å². The fraction of sp³-hybridized carbons (Fsp3) is 0.375. The Labute approximate surface area is 127 Å². The number of fused-ring (bicyclic) bond motifs is 1. The smallest absolute Gasteiger partial charge is 0.357 e. The number of carboxylic acids is 1. The molecule has 1 N–H and O–H groups in total. The summed E-state index contributed by atoms with van der Waals surface area (Å²) in [6.07, 6.45) is 4.49. The Morgan fingerprint density at radius 3 is 2.71 bits per heavy atom. The van der Waals surface area contributed by atoms with Gasteiger partial charge in [0.15, 0.2) is 5.69 Å². The number of hydrogen-bond donors (Lipinski definition) is 1. The zero-order chi connectivity index (χ0) is 14.6. The van der Waals surface area contributed by atoms with Crippen LogP contribution in [0.15, 0.2) is 24.3 Å². The molecule has 0 radical (unpaired) electrons. The highest BCUT2D eigenvalue weighted by atomic mass is 35.5. The van der Waals surface area contributed by atoms with Gasteiger partial charge in [0.1, 0.15) is 0 Å². The van der Waals surface area contributed by atoms with Crippen LogP contribution >= 0.6 is 11.6 Å². The molecule has 1 spiro atoms. The van der Waals surface area contributed by atoms with E-state index in [9.17, 15) is 9.90 Å². The van der Waals surface area contributed by atoms with E-state index in [1.165, 1.54) is 12.8 Å². The summed E-state index contributed by atoms with van der Waals surface area (Å²) in [4.78, 5) is 11.6. The summed E-state index contributed by atoms with van der Waals surface area (Å²) in [6.45, 7) is 0.806. The number of hydrogen-bond acceptors (Lipinski definition) is 2. The number of aryl methyl sites for hydroxylation is 1. The van der Waals surface area contributed by atoms with Crippen LogP contribution in [0.2, 0.25) is 5.02 Å². The van der Waals surface area contributed by atoms with Crippen molar-refractivity contribution in [3.8, 4) is 11.1 Å². The molecular formula is C16H15ClN2O2. The molecule has 0 bridgehead atoms.